The van der Waals surface area contributed by atoms with E-state index in [0.29, 0.717) is 0 Å². The third-order valence-corrected chi connectivity index (χ3v) is 5.02. The summed E-state index contributed by atoms with van der Waals surface area (Å²) in [5.41, 5.74) is 3.06. The summed E-state index contributed by atoms with van der Waals surface area (Å²) >= 11 is 0. The number of nitrogens with zero attached hydrogens (tertiary/aromatic N) is 2. The summed E-state index contributed by atoms with van der Waals surface area (Å²) in [6.45, 7) is 1.06. The molecule has 2 aliphatic rings. The fraction of sp³-hybridized carbons (Fsp3) is 0.474. The molecule has 4 heteroatoms. The highest BCUT2D eigenvalue weighted by atomic mass is 16.1. The zero-order chi connectivity index (χ0) is 15.6. The maximum atomic E-state index is 12.4. The quantitative estimate of drug-likeness (QED) is 0.850. The van der Waals surface area contributed by atoms with Crippen molar-refractivity contribution in [3.8, 4) is 0 Å². The molecule has 0 unspecified atom stereocenters. The first kappa shape index (κ1) is 14.5. The van der Waals surface area contributed by atoms with E-state index in [1.165, 1.54) is 30.6 Å². The lowest BCUT2D eigenvalue weighted by Gasteiger charge is -2.17. The number of hydrogen-bond donors (Lipinski definition) is 1. The fourth-order valence-electron chi connectivity index (χ4n) is 3.70. The maximum absolute atomic E-state index is 12.4. The molecule has 1 amide bonds. The van der Waals surface area contributed by atoms with Gasteiger partial charge in [-0.3, -0.25) is 4.79 Å². The largest absolute Gasteiger partial charge is 0.328 e. The highest BCUT2D eigenvalue weighted by Gasteiger charge is 2.19. The Hall–Kier alpha value is -2.10. The highest BCUT2D eigenvalue weighted by Crippen LogP contribution is 2.25. The number of imidazole rings is 1. The minimum absolute atomic E-state index is 0.106. The summed E-state index contributed by atoms with van der Waals surface area (Å²) in [4.78, 5) is 17.2. The van der Waals surface area contributed by atoms with Crippen molar-refractivity contribution in [3.63, 3.8) is 0 Å². The summed E-state index contributed by atoms with van der Waals surface area (Å²) in [6.07, 6.45) is 11.9. The van der Waals surface area contributed by atoms with Crippen molar-refractivity contribution in [2.24, 2.45) is 5.92 Å². The molecule has 23 heavy (non-hydrogen) atoms. The Morgan fingerprint density at radius 1 is 1.22 bits per heavy atom. The Morgan fingerprint density at radius 3 is 3.04 bits per heavy atom. The highest BCUT2D eigenvalue weighted by molar-refractivity contribution is 5.94. The van der Waals surface area contributed by atoms with Crippen LogP contribution in [-0.4, -0.2) is 15.5 Å². The predicted molar refractivity (Wildman–Crippen MR) is 92.4 cm³/mol. The lowest BCUT2D eigenvalue weighted by molar-refractivity contribution is -0.120. The van der Waals surface area contributed by atoms with E-state index in [1.807, 2.05) is 12.1 Å². The van der Waals surface area contributed by atoms with Crippen molar-refractivity contribution in [3.05, 3.63) is 36.2 Å². The molecule has 2 aromatic rings. The summed E-state index contributed by atoms with van der Waals surface area (Å²) in [7, 11) is 0. The summed E-state index contributed by atoms with van der Waals surface area (Å²) < 4.78 is 2.35. The van der Waals surface area contributed by atoms with E-state index in [4.69, 9.17) is 4.98 Å². The molecule has 0 fully saturated rings. The van der Waals surface area contributed by atoms with Gasteiger partial charge in [-0.1, -0.05) is 18.6 Å². The van der Waals surface area contributed by atoms with Crippen molar-refractivity contribution in [2.75, 3.05) is 5.32 Å². The predicted octanol–water partition coefficient (Wildman–Crippen LogP) is 4.06. The first-order valence-corrected chi connectivity index (χ1v) is 8.76. The molecule has 1 atom stereocenters. The summed E-state index contributed by atoms with van der Waals surface area (Å²) in [5, 5.41) is 3.07. The molecule has 1 N–H and O–H groups in total. The number of carbonyl (C=O) groups excluding carboxylic acids is 1. The van der Waals surface area contributed by atoms with Gasteiger partial charge in [0, 0.05) is 24.6 Å². The van der Waals surface area contributed by atoms with Crippen molar-refractivity contribution in [1.29, 1.82) is 0 Å². The van der Waals surface area contributed by atoms with E-state index >= 15 is 0 Å². The number of anilines is 1. The number of rotatable bonds is 2. The van der Waals surface area contributed by atoms with E-state index < -0.39 is 0 Å². The number of nitrogens with one attached hydrogen (secondary N) is 1. The van der Waals surface area contributed by atoms with Crippen LogP contribution in [0, 0.1) is 5.92 Å². The van der Waals surface area contributed by atoms with Crippen LogP contribution in [0.5, 0.6) is 0 Å². The molecule has 2 heterocycles. The van der Waals surface area contributed by atoms with Gasteiger partial charge in [0.2, 0.25) is 5.91 Å². The molecule has 1 aromatic carbocycles. The van der Waals surface area contributed by atoms with Crippen LogP contribution in [0.25, 0.3) is 11.0 Å². The number of hydrogen-bond acceptors (Lipinski definition) is 2. The second kappa shape index (κ2) is 6.19. The maximum Gasteiger partial charge on any atom is 0.227 e. The first-order valence-electron chi connectivity index (χ1n) is 8.76. The van der Waals surface area contributed by atoms with Crippen LogP contribution >= 0.6 is 0 Å². The number of carbonyl (C=O) groups is 1. The molecular weight excluding hydrogens is 286 g/mol. The molecule has 1 aromatic heterocycles. The standard InChI is InChI=1S/C19H23N3O/c23-19(14-7-3-1-4-8-14)20-15-10-11-17-16(13-15)21-18-9-5-2-6-12-22(17)18/h1,3,10-11,13-14H,2,4-9,12H2,(H,20,23)/t14-/m0/s1. The molecule has 0 saturated heterocycles. The second-order valence-corrected chi connectivity index (χ2v) is 6.66. The topological polar surface area (TPSA) is 46.9 Å². The molecule has 4 nitrogen and oxygen atoms in total. The molecule has 120 valence electrons. The Labute approximate surface area is 136 Å². The molecule has 0 radical (unpaired) electrons. The normalized spacial score (nSPS) is 21.0. The van der Waals surface area contributed by atoms with Crippen molar-refractivity contribution in [2.45, 2.75) is 51.5 Å². The lowest BCUT2D eigenvalue weighted by atomic mass is 9.93. The second-order valence-electron chi connectivity index (χ2n) is 6.66. The van der Waals surface area contributed by atoms with Crippen molar-refractivity contribution < 1.29 is 4.79 Å². The van der Waals surface area contributed by atoms with E-state index in [-0.39, 0.29) is 11.8 Å². The van der Waals surface area contributed by atoms with Gasteiger partial charge in [-0.2, -0.15) is 0 Å². The van der Waals surface area contributed by atoms with Crippen LogP contribution in [0.1, 0.15) is 44.3 Å². The zero-order valence-corrected chi connectivity index (χ0v) is 13.4. The third kappa shape index (κ3) is 2.90. The van der Waals surface area contributed by atoms with Gasteiger partial charge in [0.1, 0.15) is 5.82 Å². The number of amides is 1. The summed E-state index contributed by atoms with van der Waals surface area (Å²) in [6, 6.07) is 6.14. The molecular formula is C19H23N3O. The molecule has 0 spiro atoms. The van der Waals surface area contributed by atoms with Gasteiger partial charge in [0.25, 0.3) is 0 Å². The minimum atomic E-state index is 0.106. The number of aromatic nitrogens is 2. The first-order chi connectivity index (χ1) is 11.3. The fourth-order valence-corrected chi connectivity index (χ4v) is 3.70. The summed E-state index contributed by atoms with van der Waals surface area (Å²) in [5.74, 6) is 1.43. The number of allylic oxidation sites excluding steroid dienone is 2. The van der Waals surface area contributed by atoms with E-state index in [1.54, 1.807) is 0 Å². The van der Waals surface area contributed by atoms with Crippen LogP contribution in [0.3, 0.4) is 0 Å². The van der Waals surface area contributed by atoms with Crippen LogP contribution in [0.2, 0.25) is 0 Å². The van der Waals surface area contributed by atoms with Crippen LogP contribution < -0.4 is 5.32 Å². The van der Waals surface area contributed by atoms with Crippen LogP contribution in [-0.2, 0) is 17.8 Å². The molecule has 4 rings (SSSR count). The van der Waals surface area contributed by atoms with Crippen molar-refractivity contribution >= 4 is 22.6 Å². The average molecular weight is 309 g/mol. The smallest absolute Gasteiger partial charge is 0.227 e. The van der Waals surface area contributed by atoms with Gasteiger partial charge < -0.3 is 9.88 Å². The minimum Gasteiger partial charge on any atom is -0.328 e. The number of benzene rings is 1. The molecule has 1 aliphatic carbocycles. The Morgan fingerprint density at radius 2 is 2.17 bits per heavy atom. The molecule has 0 bridgehead atoms. The Bertz CT molecular complexity index is 759. The number of fused-ring (bicyclic) bond motifs is 3. The molecule has 0 saturated carbocycles. The van der Waals surface area contributed by atoms with Gasteiger partial charge in [-0.15, -0.1) is 0 Å². The monoisotopic (exact) mass is 309 g/mol. The van der Waals surface area contributed by atoms with Crippen LogP contribution in [0.15, 0.2) is 30.4 Å². The van der Waals surface area contributed by atoms with E-state index in [2.05, 4.69) is 28.1 Å². The Balaban J connectivity index is 1.57. The lowest BCUT2D eigenvalue weighted by Crippen LogP contribution is -2.23. The molecule has 1 aliphatic heterocycles. The zero-order valence-electron chi connectivity index (χ0n) is 13.4. The van der Waals surface area contributed by atoms with E-state index in [9.17, 15) is 4.79 Å². The SMILES string of the molecule is O=C(Nc1ccc2c(c1)nc1n2CCCCC1)[C@H]1CC=CCC1. The van der Waals surface area contributed by atoms with E-state index in [0.717, 1.165) is 43.4 Å². The van der Waals surface area contributed by atoms with Gasteiger partial charge >= 0.3 is 0 Å². The average Bonchev–Trinajstić information content (AvgIpc) is 2.76. The van der Waals surface area contributed by atoms with Gasteiger partial charge in [-0.25, -0.2) is 4.98 Å². The Kier molecular flexibility index (Phi) is 3.90. The third-order valence-electron chi connectivity index (χ3n) is 5.02. The van der Waals surface area contributed by atoms with Crippen LogP contribution in [0.4, 0.5) is 5.69 Å². The van der Waals surface area contributed by atoms with Gasteiger partial charge in [0.05, 0.1) is 11.0 Å². The van der Waals surface area contributed by atoms with Gasteiger partial charge in [-0.05, 0) is 50.3 Å². The van der Waals surface area contributed by atoms with Crippen molar-refractivity contribution in [1.82, 2.24) is 9.55 Å². The number of aryl methyl sites for hydroxylation is 2. The van der Waals surface area contributed by atoms with Gasteiger partial charge in [0.15, 0.2) is 0 Å².